The van der Waals surface area contributed by atoms with E-state index in [0.29, 0.717) is 10.7 Å². The molecular formula is C14H20ClNO2. The van der Waals surface area contributed by atoms with E-state index in [2.05, 4.69) is 13.8 Å². The number of ether oxygens (including phenoxy) is 2. The molecule has 0 saturated carbocycles. The van der Waals surface area contributed by atoms with E-state index in [9.17, 15) is 0 Å². The molecule has 1 saturated heterocycles. The van der Waals surface area contributed by atoms with E-state index in [1.807, 2.05) is 19.9 Å². The van der Waals surface area contributed by atoms with E-state index in [0.717, 1.165) is 12.2 Å². The normalized spacial score (nSPS) is 25.1. The van der Waals surface area contributed by atoms with Crippen LogP contribution in [0.1, 0.15) is 34.1 Å². The summed E-state index contributed by atoms with van der Waals surface area (Å²) in [6, 6.07) is 5.34. The van der Waals surface area contributed by atoms with Crippen molar-refractivity contribution in [1.82, 2.24) is 0 Å². The first-order valence-electron chi connectivity index (χ1n) is 6.11. The van der Waals surface area contributed by atoms with Crippen molar-refractivity contribution in [1.29, 1.82) is 0 Å². The van der Waals surface area contributed by atoms with Gasteiger partial charge < -0.3 is 15.2 Å². The van der Waals surface area contributed by atoms with E-state index in [1.165, 1.54) is 0 Å². The lowest BCUT2D eigenvalue weighted by Crippen LogP contribution is -2.36. The second kappa shape index (κ2) is 4.32. The maximum atomic E-state index is 6.00. The molecule has 3 nitrogen and oxygen atoms in total. The number of benzene rings is 1. The van der Waals surface area contributed by atoms with Crippen molar-refractivity contribution < 1.29 is 9.47 Å². The van der Waals surface area contributed by atoms with Gasteiger partial charge in [0.25, 0.3) is 0 Å². The number of nitrogen functional groups attached to an aromatic ring is 1. The highest BCUT2D eigenvalue weighted by Gasteiger charge is 2.47. The zero-order chi connectivity index (χ0) is 13.6. The number of hydrogen-bond acceptors (Lipinski definition) is 3. The molecule has 1 unspecified atom stereocenters. The maximum absolute atomic E-state index is 6.00. The quantitative estimate of drug-likeness (QED) is 0.834. The lowest BCUT2D eigenvalue weighted by atomic mass is 9.97. The van der Waals surface area contributed by atoms with Gasteiger partial charge in [0, 0.05) is 12.5 Å². The molecule has 0 amide bonds. The molecule has 2 N–H and O–H groups in total. The van der Waals surface area contributed by atoms with Crippen molar-refractivity contribution in [2.45, 2.75) is 51.4 Å². The minimum absolute atomic E-state index is 0.00666. The highest BCUT2D eigenvalue weighted by molar-refractivity contribution is 6.33. The van der Waals surface area contributed by atoms with Crippen LogP contribution in [0, 0.1) is 0 Å². The van der Waals surface area contributed by atoms with Crippen LogP contribution in [0.4, 0.5) is 5.69 Å². The molecule has 1 fully saturated rings. The molecule has 18 heavy (non-hydrogen) atoms. The van der Waals surface area contributed by atoms with Gasteiger partial charge >= 0.3 is 0 Å². The van der Waals surface area contributed by atoms with E-state index in [-0.39, 0.29) is 17.3 Å². The van der Waals surface area contributed by atoms with Gasteiger partial charge in [0.2, 0.25) is 0 Å². The summed E-state index contributed by atoms with van der Waals surface area (Å²) in [7, 11) is 0. The predicted octanol–water partition coefficient (Wildman–Crippen LogP) is 3.65. The van der Waals surface area contributed by atoms with Gasteiger partial charge in [-0.25, -0.2) is 0 Å². The monoisotopic (exact) mass is 269 g/mol. The first-order chi connectivity index (χ1) is 8.20. The first-order valence-corrected chi connectivity index (χ1v) is 6.49. The number of halogens is 1. The SMILES string of the molecule is CC1(C)CC(Oc2ccc(N)c(Cl)c2)C(C)(C)O1. The third-order valence-corrected chi connectivity index (χ3v) is 3.57. The second-order valence-electron chi connectivity index (χ2n) is 5.96. The highest BCUT2D eigenvalue weighted by atomic mass is 35.5. The molecule has 0 bridgehead atoms. The maximum Gasteiger partial charge on any atom is 0.130 e. The lowest BCUT2D eigenvalue weighted by Gasteiger charge is -2.27. The average molecular weight is 270 g/mol. The van der Waals surface area contributed by atoms with E-state index < -0.39 is 0 Å². The van der Waals surface area contributed by atoms with Crippen molar-refractivity contribution in [3.63, 3.8) is 0 Å². The Hall–Kier alpha value is -0.930. The molecular weight excluding hydrogens is 250 g/mol. The molecule has 1 aliphatic rings. The number of hydrogen-bond donors (Lipinski definition) is 1. The molecule has 0 aromatic heterocycles. The smallest absolute Gasteiger partial charge is 0.130 e. The number of rotatable bonds is 2. The Morgan fingerprint density at radius 3 is 2.50 bits per heavy atom. The topological polar surface area (TPSA) is 44.5 Å². The van der Waals surface area contributed by atoms with Crippen molar-refractivity contribution in [3.8, 4) is 5.75 Å². The minimum Gasteiger partial charge on any atom is -0.487 e. The van der Waals surface area contributed by atoms with Crippen LogP contribution in [-0.2, 0) is 4.74 Å². The van der Waals surface area contributed by atoms with Crippen LogP contribution in [0.25, 0.3) is 0 Å². The number of nitrogens with two attached hydrogens (primary N) is 1. The minimum atomic E-state index is -0.308. The summed E-state index contributed by atoms with van der Waals surface area (Å²) in [5.41, 5.74) is 5.77. The van der Waals surface area contributed by atoms with E-state index >= 15 is 0 Å². The fraction of sp³-hybridized carbons (Fsp3) is 0.571. The van der Waals surface area contributed by atoms with Crippen LogP contribution in [0.5, 0.6) is 5.75 Å². The summed E-state index contributed by atoms with van der Waals surface area (Å²) < 4.78 is 12.0. The Labute approximate surface area is 113 Å². The molecule has 0 aliphatic carbocycles. The summed E-state index contributed by atoms with van der Waals surface area (Å²) in [4.78, 5) is 0. The molecule has 2 rings (SSSR count). The standard InChI is InChI=1S/C14H20ClNO2/c1-13(2)8-12(14(3,4)18-13)17-9-5-6-11(16)10(15)7-9/h5-7,12H,8,16H2,1-4H3. The van der Waals surface area contributed by atoms with Crippen LogP contribution >= 0.6 is 11.6 Å². The Morgan fingerprint density at radius 1 is 1.33 bits per heavy atom. The lowest BCUT2D eigenvalue weighted by molar-refractivity contribution is -0.0846. The van der Waals surface area contributed by atoms with E-state index in [1.54, 1.807) is 12.1 Å². The summed E-state index contributed by atoms with van der Waals surface area (Å²) in [5.74, 6) is 0.730. The summed E-state index contributed by atoms with van der Waals surface area (Å²) in [6.45, 7) is 8.25. The Bertz CT molecular complexity index is 457. The summed E-state index contributed by atoms with van der Waals surface area (Å²) in [5, 5.41) is 0.517. The Balaban J connectivity index is 2.16. The van der Waals surface area contributed by atoms with Gasteiger partial charge in [-0.05, 0) is 39.8 Å². The number of anilines is 1. The third kappa shape index (κ3) is 2.73. The van der Waals surface area contributed by atoms with Gasteiger partial charge in [-0.1, -0.05) is 11.6 Å². The Morgan fingerprint density at radius 2 is 2.00 bits per heavy atom. The van der Waals surface area contributed by atoms with Gasteiger partial charge in [0.05, 0.1) is 16.3 Å². The molecule has 100 valence electrons. The van der Waals surface area contributed by atoms with Crippen LogP contribution in [0.2, 0.25) is 5.02 Å². The van der Waals surface area contributed by atoms with Crippen LogP contribution in [-0.4, -0.2) is 17.3 Å². The van der Waals surface area contributed by atoms with Crippen molar-refractivity contribution >= 4 is 17.3 Å². The zero-order valence-electron chi connectivity index (χ0n) is 11.3. The first kappa shape index (κ1) is 13.5. The van der Waals surface area contributed by atoms with Gasteiger partial charge in [0.15, 0.2) is 0 Å². The highest BCUT2D eigenvalue weighted by Crippen LogP contribution is 2.40. The average Bonchev–Trinajstić information content (AvgIpc) is 2.40. The van der Waals surface area contributed by atoms with Crippen molar-refractivity contribution in [3.05, 3.63) is 23.2 Å². The molecule has 1 aromatic carbocycles. The van der Waals surface area contributed by atoms with Crippen LogP contribution < -0.4 is 10.5 Å². The largest absolute Gasteiger partial charge is 0.487 e. The third-order valence-electron chi connectivity index (χ3n) is 3.24. The molecule has 1 atom stereocenters. The predicted molar refractivity (Wildman–Crippen MR) is 74.1 cm³/mol. The fourth-order valence-electron chi connectivity index (χ4n) is 2.44. The van der Waals surface area contributed by atoms with Gasteiger partial charge in [-0.3, -0.25) is 0 Å². The Kier molecular flexibility index (Phi) is 3.24. The molecule has 1 aliphatic heterocycles. The van der Waals surface area contributed by atoms with E-state index in [4.69, 9.17) is 26.8 Å². The second-order valence-corrected chi connectivity index (χ2v) is 6.37. The van der Waals surface area contributed by atoms with Gasteiger partial charge in [-0.2, -0.15) is 0 Å². The van der Waals surface area contributed by atoms with Crippen LogP contribution in [0.15, 0.2) is 18.2 Å². The molecule has 4 heteroatoms. The fourth-order valence-corrected chi connectivity index (χ4v) is 2.61. The molecule has 0 spiro atoms. The summed E-state index contributed by atoms with van der Waals surface area (Å²) in [6.07, 6.45) is 0.856. The molecule has 1 aromatic rings. The van der Waals surface area contributed by atoms with Crippen molar-refractivity contribution in [2.75, 3.05) is 5.73 Å². The van der Waals surface area contributed by atoms with Gasteiger partial charge in [0.1, 0.15) is 17.5 Å². The van der Waals surface area contributed by atoms with Crippen molar-refractivity contribution in [2.24, 2.45) is 0 Å². The molecule has 1 heterocycles. The van der Waals surface area contributed by atoms with Crippen LogP contribution in [0.3, 0.4) is 0 Å². The zero-order valence-corrected chi connectivity index (χ0v) is 12.0. The van der Waals surface area contributed by atoms with Gasteiger partial charge in [-0.15, -0.1) is 0 Å². The summed E-state index contributed by atoms with van der Waals surface area (Å²) >= 11 is 5.99. The molecule has 0 radical (unpaired) electrons.